The normalized spacial score (nSPS) is 12.1. The van der Waals surface area contributed by atoms with Crippen LogP contribution < -0.4 is 15.8 Å². The van der Waals surface area contributed by atoms with Crippen LogP contribution in [0.15, 0.2) is 12.1 Å². The lowest BCUT2D eigenvalue weighted by Crippen LogP contribution is -2.34. The molecule has 0 bridgehead atoms. The van der Waals surface area contributed by atoms with Gasteiger partial charge in [-0.3, -0.25) is 4.79 Å². The van der Waals surface area contributed by atoms with Crippen molar-refractivity contribution in [2.45, 2.75) is 19.4 Å². The molecule has 100 valence electrons. The third-order valence-corrected chi connectivity index (χ3v) is 2.40. The minimum Gasteiger partial charge on any atom is -0.475 e. The number of hydrogen-bond acceptors (Lipinski definition) is 3. The van der Waals surface area contributed by atoms with E-state index in [2.05, 4.69) is 5.32 Å². The van der Waals surface area contributed by atoms with Crippen LogP contribution in [0.2, 0.25) is 0 Å². The third kappa shape index (κ3) is 3.40. The van der Waals surface area contributed by atoms with Crippen molar-refractivity contribution in [3.63, 3.8) is 0 Å². The molecule has 6 heteroatoms. The van der Waals surface area contributed by atoms with Gasteiger partial charge in [0.1, 0.15) is 0 Å². The van der Waals surface area contributed by atoms with Gasteiger partial charge in [-0.1, -0.05) is 0 Å². The maximum atomic E-state index is 13.6. The van der Waals surface area contributed by atoms with Crippen molar-refractivity contribution >= 4 is 5.91 Å². The Labute approximate surface area is 104 Å². The topological polar surface area (TPSA) is 64.3 Å². The van der Waals surface area contributed by atoms with E-state index in [0.29, 0.717) is 18.5 Å². The molecule has 0 heterocycles. The van der Waals surface area contributed by atoms with Crippen molar-refractivity contribution in [2.24, 2.45) is 5.73 Å². The van der Waals surface area contributed by atoms with Crippen LogP contribution in [0.5, 0.6) is 5.75 Å². The molecule has 1 aromatic carbocycles. The molecule has 1 aromatic rings. The Bertz CT molecular complexity index is 415. The van der Waals surface area contributed by atoms with E-state index in [9.17, 15) is 13.6 Å². The molecule has 18 heavy (non-hydrogen) atoms. The highest BCUT2D eigenvalue weighted by Crippen LogP contribution is 2.24. The van der Waals surface area contributed by atoms with Crippen LogP contribution in [-0.2, 0) is 11.2 Å². The number of ether oxygens (including phenoxy) is 1. The van der Waals surface area contributed by atoms with Gasteiger partial charge >= 0.3 is 0 Å². The average molecular weight is 258 g/mol. The smallest absolute Gasteiger partial charge is 0.260 e. The van der Waals surface area contributed by atoms with Crippen LogP contribution in [0.1, 0.15) is 12.5 Å². The Kier molecular flexibility index (Phi) is 5.03. The number of rotatable bonds is 5. The van der Waals surface area contributed by atoms with Crippen molar-refractivity contribution in [1.29, 1.82) is 0 Å². The van der Waals surface area contributed by atoms with Crippen LogP contribution in [0.25, 0.3) is 0 Å². The number of carbonyl (C=O) groups is 1. The zero-order valence-corrected chi connectivity index (χ0v) is 10.3. The molecule has 1 rings (SSSR count). The van der Waals surface area contributed by atoms with E-state index in [1.165, 1.54) is 14.0 Å². The van der Waals surface area contributed by atoms with E-state index in [1.54, 1.807) is 0 Å². The van der Waals surface area contributed by atoms with Gasteiger partial charge in [-0.05, 0) is 37.6 Å². The number of nitrogens with two attached hydrogens (primary N) is 1. The van der Waals surface area contributed by atoms with Gasteiger partial charge in [0.25, 0.3) is 5.91 Å². The second kappa shape index (κ2) is 6.30. The molecule has 0 fully saturated rings. The molecule has 0 saturated heterocycles. The predicted octanol–water partition coefficient (Wildman–Crippen LogP) is 0.979. The maximum Gasteiger partial charge on any atom is 0.260 e. The van der Waals surface area contributed by atoms with Crippen molar-refractivity contribution in [3.05, 3.63) is 29.3 Å². The van der Waals surface area contributed by atoms with Gasteiger partial charge in [0.05, 0.1) is 0 Å². The second-order valence-corrected chi connectivity index (χ2v) is 3.80. The Morgan fingerprint density at radius 2 is 2.00 bits per heavy atom. The van der Waals surface area contributed by atoms with E-state index >= 15 is 0 Å². The molecule has 0 radical (unpaired) electrons. The van der Waals surface area contributed by atoms with Gasteiger partial charge in [0.2, 0.25) is 0 Å². The first kappa shape index (κ1) is 14.4. The summed E-state index contributed by atoms with van der Waals surface area (Å²) in [5.41, 5.74) is 5.76. The Hall–Kier alpha value is -1.69. The fraction of sp³-hybridized carbons (Fsp3) is 0.417. The molecule has 1 amide bonds. The van der Waals surface area contributed by atoms with Crippen LogP contribution in [0.3, 0.4) is 0 Å². The number of amides is 1. The molecule has 1 unspecified atom stereocenters. The summed E-state index contributed by atoms with van der Waals surface area (Å²) in [6.07, 6.45) is -0.599. The highest BCUT2D eigenvalue weighted by Gasteiger charge is 2.19. The molecular formula is C12H16F2N2O2. The Balaban J connectivity index is 2.93. The van der Waals surface area contributed by atoms with Gasteiger partial charge in [-0.2, -0.15) is 0 Å². The van der Waals surface area contributed by atoms with Gasteiger partial charge in [-0.15, -0.1) is 0 Å². The minimum absolute atomic E-state index is 0.299. The number of hydrogen-bond donors (Lipinski definition) is 2. The molecule has 1 atom stereocenters. The number of likely N-dealkylation sites (N-methyl/N-ethyl adjacent to an activating group) is 1. The number of carbonyl (C=O) groups excluding carboxylic acids is 1. The maximum absolute atomic E-state index is 13.6. The SMILES string of the molecule is CNC(=O)C(C)Oc1c(F)cc(CCN)cc1F. The van der Waals surface area contributed by atoms with Crippen molar-refractivity contribution < 1.29 is 18.3 Å². The minimum atomic E-state index is -0.973. The molecular weight excluding hydrogens is 242 g/mol. The lowest BCUT2D eigenvalue weighted by Gasteiger charge is -2.15. The summed E-state index contributed by atoms with van der Waals surface area (Å²) < 4.78 is 32.2. The molecule has 3 N–H and O–H groups in total. The molecule has 0 aliphatic carbocycles. The summed E-state index contributed by atoms with van der Waals surface area (Å²) in [7, 11) is 1.42. The summed E-state index contributed by atoms with van der Waals surface area (Å²) in [6.45, 7) is 1.71. The van der Waals surface area contributed by atoms with Gasteiger partial charge in [0, 0.05) is 7.05 Å². The Morgan fingerprint density at radius 1 is 1.44 bits per heavy atom. The van der Waals surface area contributed by atoms with E-state index in [-0.39, 0.29) is 0 Å². The summed E-state index contributed by atoms with van der Waals surface area (Å²) >= 11 is 0. The largest absolute Gasteiger partial charge is 0.475 e. The van der Waals surface area contributed by atoms with Crippen LogP contribution in [0.4, 0.5) is 8.78 Å². The van der Waals surface area contributed by atoms with E-state index in [0.717, 1.165) is 12.1 Å². The molecule has 0 saturated carbocycles. The molecule has 0 aromatic heterocycles. The molecule has 0 aliphatic rings. The van der Waals surface area contributed by atoms with Crippen LogP contribution in [0, 0.1) is 11.6 Å². The lowest BCUT2D eigenvalue weighted by molar-refractivity contribution is -0.126. The average Bonchev–Trinajstić information content (AvgIpc) is 2.33. The van der Waals surface area contributed by atoms with Gasteiger partial charge in [0.15, 0.2) is 23.5 Å². The zero-order valence-electron chi connectivity index (χ0n) is 10.3. The zero-order chi connectivity index (χ0) is 13.7. The first-order valence-corrected chi connectivity index (χ1v) is 5.55. The number of nitrogens with one attached hydrogen (secondary N) is 1. The van der Waals surface area contributed by atoms with E-state index in [4.69, 9.17) is 10.5 Å². The highest BCUT2D eigenvalue weighted by molar-refractivity contribution is 5.80. The summed E-state index contributed by atoms with van der Waals surface area (Å²) in [4.78, 5) is 11.2. The second-order valence-electron chi connectivity index (χ2n) is 3.80. The first-order valence-electron chi connectivity index (χ1n) is 5.55. The third-order valence-electron chi connectivity index (χ3n) is 2.40. The monoisotopic (exact) mass is 258 g/mol. The fourth-order valence-electron chi connectivity index (χ4n) is 1.47. The summed E-state index contributed by atoms with van der Waals surface area (Å²) in [6, 6.07) is 2.31. The molecule has 0 spiro atoms. The van der Waals surface area contributed by atoms with Crippen molar-refractivity contribution in [2.75, 3.05) is 13.6 Å². The fourth-order valence-corrected chi connectivity index (χ4v) is 1.47. The number of benzene rings is 1. The van der Waals surface area contributed by atoms with Crippen molar-refractivity contribution in [3.8, 4) is 5.75 Å². The summed E-state index contributed by atoms with van der Waals surface area (Å²) in [5, 5.41) is 2.33. The lowest BCUT2D eigenvalue weighted by atomic mass is 10.1. The highest BCUT2D eigenvalue weighted by atomic mass is 19.1. The molecule has 4 nitrogen and oxygen atoms in total. The first-order chi connectivity index (χ1) is 8.49. The molecule has 0 aliphatic heterocycles. The van der Waals surface area contributed by atoms with Crippen molar-refractivity contribution in [1.82, 2.24) is 5.32 Å². The Morgan fingerprint density at radius 3 is 2.44 bits per heavy atom. The van der Waals surface area contributed by atoms with Crippen LogP contribution >= 0.6 is 0 Å². The van der Waals surface area contributed by atoms with Gasteiger partial charge in [-0.25, -0.2) is 8.78 Å². The van der Waals surface area contributed by atoms with Gasteiger partial charge < -0.3 is 15.8 Å². The van der Waals surface area contributed by atoms with E-state index < -0.39 is 29.4 Å². The standard InChI is InChI=1S/C12H16F2N2O2/c1-7(12(17)16-2)18-11-9(13)5-8(3-4-15)6-10(11)14/h5-7H,3-4,15H2,1-2H3,(H,16,17). The summed E-state index contributed by atoms with van der Waals surface area (Å²) in [5.74, 6) is -2.69. The quantitative estimate of drug-likeness (QED) is 0.827. The van der Waals surface area contributed by atoms with E-state index in [1.807, 2.05) is 0 Å². The van der Waals surface area contributed by atoms with Crippen LogP contribution in [-0.4, -0.2) is 25.6 Å². The predicted molar refractivity (Wildman–Crippen MR) is 63.3 cm³/mol. The number of halogens is 2.